The first-order valence-corrected chi connectivity index (χ1v) is 13.6. The smallest absolute Gasteiger partial charge is 0.344 e. The topological polar surface area (TPSA) is 96.0 Å². The van der Waals surface area contributed by atoms with E-state index in [0.717, 1.165) is 75.0 Å². The number of benzene rings is 1. The van der Waals surface area contributed by atoms with Gasteiger partial charge in [-0.05, 0) is 55.7 Å². The van der Waals surface area contributed by atoms with Gasteiger partial charge < -0.3 is 24.5 Å². The summed E-state index contributed by atoms with van der Waals surface area (Å²) in [7, 11) is 0. The molecule has 1 saturated carbocycles. The molecular formula is C28H39N3O5. The minimum atomic E-state index is -0.386. The molecule has 1 aromatic carbocycles. The number of nitrogens with two attached hydrogens (primary N) is 1. The summed E-state index contributed by atoms with van der Waals surface area (Å²) in [4.78, 5) is 27.3. The lowest BCUT2D eigenvalue weighted by atomic mass is 9.92. The van der Waals surface area contributed by atoms with Crippen LogP contribution in [-0.4, -0.2) is 67.4 Å². The van der Waals surface area contributed by atoms with E-state index in [1.807, 2.05) is 12.1 Å². The maximum absolute atomic E-state index is 12.6. The summed E-state index contributed by atoms with van der Waals surface area (Å²) >= 11 is 0. The third-order valence-corrected chi connectivity index (χ3v) is 8.08. The van der Waals surface area contributed by atoms with E-state index in [4.69, 9.17) is 19.9 Å². The summed E-state index contributed by atoms with van der Waals surface area (Å²) in [5.74, 6) is 0.289. The van der Waals surface area contributed by atoms with Gasteiger partial charge in [-0.25, -0.2) is 4.79 Å². The van der Waals surface area contributed by atoms with Crippen LogP contribution in [0.15, 0.2) is 18.2 Å². The van der Waals surface area contributed by atoms with E-state index in [1.165, 1.54) is 31.4 Å². The van der Waals surface area contributed by atoms with Crippen LogP contribution in [0.3, 0.4) is 0 Å². The molecule has 1 amide bonds. The van der Waals surface area contributed by atoms with Crippen molar-refractivity contribution >= 4 is 22.8 Å². The van der Waals surface area contributed by atoms with Crippen molar-refractivity contribution in [2.75, 3.05) is 46.1 Å². The Hall–Kier alpha value is -2.58. The highest BCUT2D eigenvalue weighted by Crippen LogP contribution is 2.43. The van der Waals surface area contributed by atoms with E-state index in [-0.39, 0.29) is 24.4 Å². The molecule has 0 radical (unpaired) electrons. The molecule has 2 N–H and O–H groups in total. The second-order valence-corrected chi connectivity index (χ2v) is 10.4. The minimum Gasteiger partial charge on any atom is -0.481 e. The molecule has 0 spiro atoms. The van der Waals surface area contributed by atoms with E-state index < -0.39 is 0 Å². The quantitative estimate of drug-likeness (QED) is 0.422. The Labute approximate surface area is 213 Å². The number of hydrogen-bond donors (Lipinski definition) is 1. The van der Waals surface area contributed by atoms with Gasteiger partial charge in [-0.3, -0.25) is 9.69 Å². The van der Waals surface area contributed by atoms with E-state index in [2.05, 4.69) is 15.5 Å². The molecule has 3 aliphatic rings. The maximum Gasteiger partial charge on any atom is 0.344 e. The summed E-state index contributed by atoms with van der Waals surface area (Å²) in [6.07, 6.45) is 8.79. The molecule has 2 aliphatic carbocycles. The monoisotopic (exact) mass is 497 g/mol. The van der Waals surface area contributed by atoms with Crippen LogP contribution in [0.5, 0.6) is 5.75 Å². The number of morpholine rings is 1. The maximum atomic E-state index is 12.6. The largest absolute Gasteiger partial charge is 0.481 e. The van der Waals surface area contributed by atoms with Gasteiger partial charge in [-0.2, -0.15) is 0 Å². The van der Waals surface area contributed by atoms with Crippen molar-refractivity contribution in [1.29, 1.82) is 0 Å². The zero-order chi connectivity index (χ0) is 24.9. The molecule has 196 valence electrons. The van der Waals surface area contributed by atoms with Crippen LogP contribution >= 0.6 is 0 Å². The van der Waals surface area contributed by atoms with Gasteiger partial charge in [-0.1, -0.05) is 25.3 Å². The number of rotatable bonds is 9. The lowest BCUT2D eigenvalue weighted by Crippen LogP contribution is -2.38. The van der Waals surface area contributed by atoms with Gasteiger partial charge in [0.2, 0.25) is 5.91 Å². The first kappa shape index (κ1) is 25.1. The Bertz CT molecular complexity index is 1070. The van der Waals surface area contributed by atoms with Crippen molar-refractivity contribution in [3.05, 3.63) is 29.5 Å². The van der Waals surface area contributed by atoms with Gasteiger partial charge in [0.15, 0.2) is 6.61 Å². The fourth-order valence-corrected chi connectivity index (χ4v) is 6.24. The average molecular weight is 498 g/mol. The molecule has 1 aliphatic heterocycles. The van der Waals surface area contributed by atoms with Crippen molar-refractivity contribution in [3.63, 3.8) is 0 Å². The van der Waals surface area contributed by atoms with Gasteiger partial charge in [-0.15, -0.1) is 0 Å². The SMILES string of the molecule is NC(=O)C1CCCCc2c1c1c(OCC(=O)OCCN3CCOCC3)cccc1n2CC1CCCC1. The van der Waals surface area contributed by atoms with Gasteiger partial charge in [0.1, 0.15) is 12.4 Å². The van der Waals surface area contributed by atoms with Crippen molar-refractivity contribution in [2.24, 2.45) is 11.7 Å². The fraction of sp³-hybridized carbons (Fsp3) is 0.643. The number of nitrogens with zero attached hydrogens (tertiary/aromatic N) is 2. The van der Waals surface area contributed by atoms with Gasteiger partial charge >= 0.3 is 5.97 Å². The Morgan fingerprint density at radius 1 is 1.06 bits per heavy atom. The third kappa shape index (κ3) is 5.54. The zero-order valence-electron chi connectivity index (χ0n) is 21.2. The zero-order valence-corrected chi connectivity index (χ0v) is 21.2. The van der Waals surface area contributed by atoms with Crippen LogP contribution < -0.4 is 10.5 Å². The van der Waals surface area contributed by atoms with Crippen LogP contribution in [-0.2, 0) is 32.0 Å². The molecule has 36 heavy (non-hydrogen) atoms. The first-order chi connectivity index (χ1) is 17.6. The molecule has 1 aromatic heterocycles. The molecule has 5 rings (SSSR count). The Balaban J connectivity index is 1.37. The number of esters is 1. The van der Waals surface area contributed by atoms with Crippen molar-refractivity contribution in [2.45, 2.75) is 63.8 Å². The van der Waals surface area contributed by atoms with E-state index in [0.29, 0.717) is 24.8 Å². The fourth-order valence-electron chi connectivity index (χ4n) is 6.24. The molecule has 1 saturated heterocycles. The van der Waals surface area contributed by atoms with Gasteiger partial charge in [0, 0.05) is 37.3 Å². The predicted octanol–water partition coefficient (Wildman–Crippen LogP) is 3.38. The summed E-state index contributed by atoms with van der Waals surface area (Å²) in [6.45, 7) is 5.00. The minimum absolute atomic E-state index is 0.161. The lowest BCUT2D eigenvalue weighted by Gasteiger charge is -2.26. The number of carbonyl (C=O) groups is 2. The van der Waals surface area contributed by atoms with Crippen LogP contribution in [0, 0.1) is 5.92 Å². The highest BCUT2D eigenvalue weighted by molar-refractivity contribution is 5.97. The number of hydrogen-bond acceptors (Lipinski definition) is 6. The summed E-state index contributed by atoms with van der Waals surface area (Å²) in [5, 5.41) is 0.942. The second-order valence-electron chi connectivity index (χ2n) is 10.4. The number of ether oxygens (including phenoxy) is 3. The normalized spacial score (nSPS) is 21.3. The number of amides is 1. The molecule has 1 atom stereocenters. The van der Waals surface area contributed by atoms with E-state index in [1.54, 1.807) is 0 Å². The molecule has 8 heteroatoms. The number of fused-ring (bicyclic) bond motifs is 3. The molecule has 1 unspecified atom stereocenters. The molecular weight excluding hydrogens is 458 g/mol. The van der Waals surface area contributed by atoms with Crippen LogP contribution in [0.2, 0.25) is 0 Å². The Morgan fingerprint density at radius 3 is 2.61 bits per heavy atom. The van der Waals surface area contributed by atoms with E-state index in [9.17, 15) is 9.59 Å². The Morgan fingerprint density at radius 2 is 1.83 bits per heavy atom. The van der Waals surface area contributed by atoms with Crippen molar-refractivity contribution in [1.82, 2.24) is 9.47 Å². The first-order valence-electron chi connectivity index (χ1n) is 13.6. The molecule has 0 bridgehead atoms. The van der Waals surface area contributed by atoms with E-state index >= 15 is 0 Å². The van der Waals surface area contributed by atoms with Crippen LogP contribution in [0.1, 0.15) is 62.1 Å². The summed E-state index contributed by atoms with van der Waals surface area (Å²) in [6, 6.07) is 5.99. The standard InChI is InChI=1S/C28H39N3O5/c29-28(33)21-8-3-4-9-22-26(21)27-23(31(22)18-20-6-1-2-7-20)10-5-11-24(27)36-19-25(32)35-17-14-30-12-15-34-16-13-30/h5,10-11,20-21H,1-4,6-9,12-19H2,(H2,29,33). The summed E-state index contributed by atoms with van der Waals surface area (Å²) in [5.41, 5.74) is 9.25. The number of carbonyl (C=O) groups excluding carboxylic acids is 2. The molecule has 2 fully saturated rings. The highest BCUT2D eigenvalue weighted by Gasteiger charge is 2.32. The summed E-state index contributed by atoms with van der Waals surface area (Å²) < 4.78 is 19.3. The van der Waals surface area contributed by atoms with Gasteiger partial charge in [0.25, 0.3) is 0 Å². The number of primary amides is 1. The third-order valence-electron chi connectivity index (χ3n) is 8.08. The molecule has 8 nitrogen and oxygen atoms in total. The van der Waals surface area contributed by atoms with Crippen LogP contribution in [0.4, 0.5) is 0 Å². The average Bonchev–Trinajstić information content (AvgIpc) is 3.44. The van der Waals surface area contributed by atoms with Crippen LogP contribution in [0.25, 0.3) is 10.9 Å². The number of aromatic nitrogens is 1. The van der Waals surface area contributed by atoms with Crippen molar-refractivity contribution < 1.29 is 23.8 Å². The second kappa shape index (κ2) is 11.6. The van der Waals surface area contributed by atoms with Gasteiger partial charge in [0.05, 0.1) is 24.6 Å². The predicted molar refractivity (Wildman–Crippen MR) is 137 cm³/mol. The molecule has 2 heterocycles. The lowest BCUT2D eigenvalue weighted by molar-refractivity contribution is -0.146. The Kier molecular flexibility index (Phi) is 8.12. The highest BCUT2D eigenvalue weighted by atomic mass is 16.6. The van der Waals surface area contributed by atoms with Crippen molar-refractivity contribution in [3.8, 4) is 5.75 Å². The molecule has 2 aromatic rings.